The summed E-state index contributed by atoms with van der Waals surface area (Å²) in [4.78, 5) is 26.7. The van der Waals surface area contributed by atoms with Crippen LogP contribution in [0.15, 0.2) is 30.9 Å². The summed E-state index contributed by atoms with van der Waals surface area (Å²) < 4.78 is 90.1. The second-order valence-corrected chi connectivity index (χ2v) is 8.26. The van der Waals surface area contributed by atoms with Crippen LogP contribution in [0.4, 0.5) is 31.1 Å². The molecule has 2 unspecified atom stereocenters. The maximum absolute atomic E-state index is 13.4. The highest BCUT2D eigenvalue weighted by molar-refractivity contribution is 5.75. The molecule has 208 valence electrons. The molecule has 3 aromatic rings. The number of alkyl halides is 6. The maximum atomic E-state index is 13.4. The summed E-state index contributed by atoms with van der Waals surface area (Å²) in [6.07, 6.45) is -6.62. The van der Waals surface area contributed by atoms with Gasteiger partial charge in [-0.2, -0.15) is 26.3 Å². The van der Waals surface area contributed by atoms with Crippen molar-refractivity contribution < 1.29 is 40.6 Å². The fourth-order valence-corrected chi connectivity index (χ4v) is 3.83. The van der Waals surface area contributed by atoms with E-state index in [0.717, 1.165) is 4.90 Å². The number of fused-ring (bicyclic) bond motifs is 1. The van der Waals surface area contributed by atoms with Crippen molar-refractivity contribution >= 4 is 11.7 Å². The first-order chi connectivity index (χ1) is 17.8. The number of halogens is 6. The van der Waals surface area contributed by atoms with E-state index >= 15 is 0 Å². The van der Waals surface area contributed by atoms with Crippen LogP contribution in [0.1, 0.15) is 38.4 Å². The molecule has 0 aliphatic heterocycles. The number of aromatic nitrogens is 4. The Morgan fingerprint density at radius 3 is 2.45 bits per heavy atom. The molecule has 1 N–H and O–H groups in total. The van der Waals surface area contributed by atoms with Gasteiger partial charge < -0.3 is 24.1 Å². The van der Waals surface area contributed by atoms with Crippen molar-refractivity contribution in [3.05, 3.63) is 36.5 Å². The molecule has 0 aliphatic rings. The minimum absolute atomic E-state index is 0.0487. The second kappa shape index (κ2) is 11.3. The summed E-state index contributed by atoms with van der Waals surface area (Å²) in [6.45, 7) is 3.01. The molecule has 0 aliphatic carbocycles. The number of hydrogen-bond donors (Lipinski definition) is 1. The van der Waals surface area contributed by atoms with Crippen molar-refractivity contribution in [2.75, 3.05) is 20.8 Å². The zero-order valence-electron chi connectivity index (χ0n) is 20.9. The molecule has 3 aromatic heterocycles. The zero-order chi connectivity index (χ0) is 28.3. The van der Waals surface area contributed by atoms with E-state index in [-0.39, 0.29) is 18.1 Å². The first kappa shape index (κ1) is 28.8. The molecule has 0 fully saturated rings. The van der Waals surface area contributed by atoms with Gasteiger partial charge in [0.1, 0.15) is 11.8 Å². The molecule has 2 amide bonds. The van der Waals surface area contributed by atoms with Crippen LogP contribution in [0.2, 0.25) is 0 Å². The van der Waals surface area contributed by atoms with Gasteiger partial charge in [-0.3, -0.25) is 4.98 Å². The number of amides is 2. The fourth-order valence-electron chi connectivity index (χ4n) is 3.83. The summed E-state index contributed by atoms with van der Waals surface area (Å²) in [6, 6.07) is -3.14. The molecular weight excluding hydrogens is 522 g/mol. The number of carbonyl (C=O) groups excluding carboxylic acids is 1. The van der Waals surface area contributed by atoms with E-state index in [4.69, 9.17) is 9.47 Å². The molecule has 9 nitrogen and oxygen atoms in total. The number of imidazole rings is 1. The number of nitrogens with one attached hydrogen (secondary N) is 1. The van der Waals surface area contributed by atoms with Crippen LogP contribution in [0.25, 0.3) is 16.9 Å². The number of hydrogen-bond acceptors (Lipinski definition) is 6. The summed E-state index contributed by atoms with van der Waals surface area (Å²) in [5, 5.41) is 1.70. The van der Waals surface area contributed by atoms with Crippen LogP contribution in [-0.4, -0.2) is 69.4 Å². The number of carbonyl (C=O) groups is 1. The number of methoxy groups -OCH3 is 2. The Morgan fingerprint density at radius 2 is 1.87 bits per heavy atom. The third kappa shape index (κ3) is 6.55. The average molecular weight is 548 g/mol. The van der Waals surface area contributed by atoms with Gasteiger partial charge in [-0.25, -0.2) is 14.8 Å². The third-order valence-electron chi connectivity index (χ3n) is 5.83. The van der Waals surface area contributed by atoms with Crippen LogP contribution in [0.3, 0.4) is 0 Å². The van der Waals surface area contributed by atoms with Crippen LogP contribution in [0.5, 0.6) is 11.6 Å². The monoisotopic (exact) mass is 548 g/mol. The van der Waals surface area contributed by atoms with Crippen molar-refractivity contribution in [1.82, 2.24) is 29.6 Å². The van der Waals surface area contributed by atoms with Crippen molar-refractivity contribution in [2.45, 2.75) is 51.1 Å². The minimum atomic E-state index is -5.06. The van der Waals surface area contributed by atoms with Gasteiger partial charge in [-0.15, -0.1) is 0 Å². The van der Waals surface area contributed by atoms with E-state index in [9.17, 15) is 31.1 Å². The van der Waals surface area contributed by atoms with E-state index in [0.29, 0.717) is 22.7 Å². The molecule has 0 saturated heterocycles. The summed E-state index contributed by atoms with van der Waals surface area (Å²) >= 11 is 0. The number of rotatable bonds is 9. The highest BCUT2D eigenvalue weighted by Crippen LogP contribution is 2.34. The van der Waals surface area contributed by atoms with Gasteiger partial charge in [-0.05, 0) is 26.3 Å². The molecule has 3 heterocycles. The van der Waals surface area contributed by atoms with E-state index in [1.54, 1.807) is 34.4 Å². The van der Waals surface area contributed by atoms with E-state index in [2.05, 4.69) is 15.0 Å². The molecule has 15 heteroatoms. The van der Waals surface area contributed by atoms with Gasteiger partial charge in [0.15, 0.2) is 5.65 Å². The first-order valence-corrected chi connectivity index (χ1v) is 11.4. The molecule has 0 radical (unpaired) electrons. The highest BCUT2D eigenvalue weighted by Gasteiger charge is 2.43. The lowest BCUT2D eigenvalue weighted by atomic mass is 10.1. The van der Waals surface area contributed by atoms with Crippen molar-refractivity contribution in [3.63, 3.8) is 0 Å². The summed E-state index contributed by atoms with van der Waals surface area (Å²) in [5.41, 5.74) is 1.60. The highest BCUT2D eigenvalue weighted by atomic mass is 19.4. The number of ether oxygens (including phenoxy) is 2. The number of nitrogens with zero attached hydrogens (tertiary/aromatic N) is 5. The van der Waals surface area contributed by atoms with Crippen LogP contribution in [0, 0.1) is 0 Å². The summed E-state index contributed by atoms with van der Waals surface area (Å²) in [5.74, 6) is 0.555. The molecule has 3 rings (SSSR count). The van der Waals surface area contributed by atoms with Gasteiger partial charge in [-0.1, -0.05) is 0 Å². The minimum Gasteiger partial charge on any atom is -0.494 e. The van der Waals surface area contributed by atoms with Gasteiger partial charge >= 0.3 is 18.4 Å². The van der Waals surface area contributed by atoms with Crippen molar-refractivity contribution in [3.8, 4) is 22.9 Å². The molecule has 38 heavy (non-hydrogen) atoms. The van der Waals surface area contributed by atoms with Gasteiger partial charge in [0, 0.05) is 37.1 Å². The van der Waals surface area contributed by atoms with E-state index in [1.807, 2.05) is 0 Å². The van der Waals surface area contributed by atoms with Crippen LogP contribution in [-0.2, 0) is 0 Å². The SMILES string of the molecule is CCN(C(=O)NC(CCC(F)(F)F)C(F)(F)F)C(C)c1cc(-c2cn3ccnc3c(OC)n2)c(OC)cn1. The molecule has 0 bridgehead atoms. The lowest BCUT2D eigenvalue weighted by molar-refractivity contribution is -0.171. The average Bonchev–Trinajstić information content (AvgIpc) is 3.33. The standard InChI is InChI=1S/C23H26F6N6O3/c1-5-35(21(36)33-18(23(27,28)29)6-7-22(24,25)26)13(2)15-10-14(17(37-3)11-31-15)16-12-34-9-8-30-19(34)20(32-16)38-4/h8-13,18H,5-7H2,1-4H3,(H,33,36). The first-order valence-electron chi connectivity index (χ1n) is 11.4. The lowest BCUT2D eigenvalue weighted by Crippen LogP contribution is -2.51. The van der Waals surface area contributed by atoms with E-state index in [1.165, 1.54) is 34.3 Å². The third-order valence-corrected chi connectivity index (χ3v) is 5.83. The van der Waals surface area contributed by atoms with Gasteiger partial charge in [0.05, 0.1) is 37.8 Å². The van der Waals surface area contributed by atoms with Crippen LogP contribution < -0.4 is 14.8 Å². The predicted molar refractivity (Wildman–Crippen MR) is 124 cm³/mol. The Bertz CT molecular complexity index is 1260. The molecule has 2 atom stereocenters. The van der Waals surface area contributed by atoms with Gasteiger partial charge in [0.2, 0.25) is 0 Å². The fraction of sp³-hybridized carbons (Fsp3) is 0.478. The zero-order valence-corrected chi connectivity index (χ0v) is 20.9. The van der Waals surface area contributed by atoms with Crippen LogP contribution >= 0.6 is 0 Å². The normalized spacial score (nSPS) is 13.7. The van der Waals surface area contributed by atoms with Crippen molar-refractivity contribution in [1.29, 1.82) is 0 Å². The maximum Gasteiger partial charge on any atom is 0.408 e. The molecular formula is C23H26F6N6O3. The lowest BCUT2D eigenvalue weighted by Gasteiger charge is -2.31. The van der Waals surface area contributed by atoms with Crippen molar-refractivity contribution in [2.24, 2.45) is 0 Å². The number of urea groups is 1. The Balaban J connectivity index is 1.92. The Labute approximate surface area is 213 Å². The number of pyridine rings is 1. The molecule has 0 saturated carbocycles. The molecule has 0 aromatic carbocycles. The predicted octanol–water partition coefficient (Wildman–Crippen LogP) is 5.17. The Hall–Kier alpha value is -3.78. The topological polar surface area (TPSA) is 93.9 Å². The van der Waals surface area contributed by atoms with E-state index < -0.39 is 43.3 Å². The largest absolute Gasteiger partial charge is 0.494 e. The Kier molecular flexibility index (Phi) is 8.57. The molecule has 0 spiro atoms. The Morgan fingerprint density at radius 1 is 1.16 bits per heavy atom. The second-order valence-electron chi connectivity index (χ2n) is 8.26. The quantitative estimate of drug-likeness (QED) is 0.371. The smallest absolute Gasteiger partial charge is 0.408 e. The summed E-state index contributed by atoms with van der Waals surface area (Å²) in [7, 11) is 2.85. The van der Waals surface area contributed by atoms with Gasteiger partial charge in [0.25, 0.3) is 5.88 Å².